The van der Waals surface area contributed by atoms with Crippen LogP contribution in [-0.2, 0) is 0 Å². The van der Waals surface area contributed by atoms with E-state index in [4.69, 9.17) is 9.47 Å². The van der Waals surface area contributed by atoms with E-state index < -0.39 is 0 Å². The van der Waals surface area contributed by atoms with Crippen LogP contribution in [0.2, 0.25) is 0 Å². The van der Waals surface area contributed by atoms with Crippen molar-refractivity contribution in [1.82, 2.24) is 0 Å². The summed E-state index contributed by atoms with van der Waals surface area (Å²) in [7, 11) is 2.27. The number of piperazine rings is 1. The monoisotopic (exact) mass is 294 g/mol. The number of quaternary nitrogens is 2. The molecule has 4 nitrogen and oxygen atoms in total. The molecule has 0 aliphatic carbocycles. The molecule has 118 valence electrons. The molecule has 1 fully saturated rings. The van der Waals surface area contributed by atoms with E-state index in [1.165, 1.54) is 26.2 Å². The predicted octanol–water partition coefficient (Wildman–Crippen LogP) is -0.342. The second-order valence-electron chi connectivity index (χ2n) is 5.95. The molecule has 0 radical (unpaired) electrons. The zero-order valence-corrected chi connectivity index (χ0v) is 13.5. The van der Waals surface area contributed by atoms with Gasteiger partial charge >= 0.3 is 0 Å². The smallest absolute Gasteiger partial charge is 0.161 e. The van der Waals surface area contributed by atoms with Crippen LogP contribution in [0, 0.1) is 0 Å². The number of benzene rings is 1. The lowest BCUT2D eigenvalue weighted by Crippen LogP contribution is -3.27. The van der Waals surface area contributed by atoms with Gasteiger partial charge in [0.1, 0.15) is 39.3 Å². The minimum atomic E-state index is 0.766. The van der Waals surface area contributed by atoms with Crippen molar-refractivity contribution in [2.45, 2.75) is 19.8 Å². The van der Waals surface area contributed by atoms with Crippen molar-refractivity contribution >= 4 is 0 Å². The number of hydrogen-bond acceptors (Lipinski definition) is 2. The molecule has 0 spiro atoms. The summed E-state index contributed by atoms with van der Waals surface area (Å²) in [4.78, 5) is 3.30. The van der Waals surface area contributed by atoms with Crippen LogP contribution in [0.1, 0.15) is 19.8 Å². The van der Waals surface area contributed by atoms with Gasteiger partial charge in [-0.2, -0.15) is 0 Å². The Balaban J connectivity index is 1.74. The zero-order valence-electron chi connectivity index (χ0n) is 13.5. The maximum absolute atomic E-state index is 5.94. The first-order valence-electron chi connectivity index (χ1n) is 8.29. The van der Waals surface area contributed by atoms with Gasteiger partial charge in [-0.15, -0.1) is 0 Å². The van der Waals surface area contributed by atoms with Gasteiger partial charge < -0.3 is 19.3 Å². The van der Waals surface area contributed by atoms with E-state index in [-0.39, 0.29) is 0 Å². The third-order valence-corrected chi connectivity index (χ3v) is 4.13. The van der Waals surface area contributed by atoms with Gasteiger partial charge in [0.05, 0.1) is 13.7 Å². The van der Waals surface area contributed by atoms with Crippen LogP contribution < -0.4 is 19.3 Å². The average molecular weight is 294 g/mol. The molecule has 1 aliphatic rings. The van der Waals surface area contributed by atoms with Gasteiger partial charge in [0, 0.05) is 0 Å². The molecule has 4 heteroatoms. The molecule has 1 saturated heterocycles. The van der Waals surface area contributed by atoms with Crippen LogP contribution in [0.4, 0.5) is 0 Å². The number of nitrogens with one attached hydrogen (secondary N) is 2. The summed E-state index contributed by atoms with van der Waals surface area (Å²) >= 11 is 0. The van der Waals surface area contributed by atoms with Crippen LogP contribution in [0.5, 0.6) is 11.5 Å². The number of hydrogen-bond donors (Lipinski definition) is 2. The molecule has 1 aromatic carbocycles. The van der Waals surface area contributed by atoms with Crippen molar-refractivity contribution in [1.29, 1.82) is 0 Å². The SMILES string of the molecule is CCCCOc1ccccc1OCC[NH+]1CC[NH+](C)CC1. The molecule has 21 heavy (non-hydrogen) atoms. The largest absolute Gasteiger partial charge is 0.490 e. The molecule has 1 heterocycles. The Kier molecular flexibility index (Phi) is 6.83. The van der Waals surface area contributed by atoms with Gasteiger partial charge in [0.2, 0.25) is 0 Å². The summed E-state index contributed by atoms with van der Waals surface area (Å²) in [6, 6.07) is 8.01. The number of unbranched alkanes of at least 4 members (excludes halogenated alkanes) is 1. The minimum Gasteiger partial charge on any atom is -0.490 e. The van der Waals surface area contributed by atoms with Gasteiger partial charge in [-0.1, -0.05) is 25.5 Å². The number of ether oxygens (including phenoxy) is 2. The molecule has 1 aromatic rings. The zero-order chi connectivity index (χ0) is 14.9. The normalized spacial score (nSPS) is 22.0. The van der Waals surface area contributed by atoms with Crippen molar-refractivity contribution in [2.75, 3.05) is 53.0 Å². The molecule has 0 amide bonds. The van der Waals surface area contributed by atoms with E-state index in [9.17, 15) is 0 Å². The van der Waals surface area contributed by atoms with E-state index in [0.717, 1.165) is 44.1 Å². The predicted molar refractivity (Wildman–Crippen MR) is 84.5 cm³/mol. The lowest BCUT2D eigenvalue weighted by molar-refractivity contribution is -1.00. The summed E-state index contributed by atoms with van der Waals surface area (Å²) in [5.41, 5.74) is 0. The molecule has 0 unspecified atom stereocenters. The summed E-state index contributed by atoms with van der Waals surface area (Å²) in [6.45, 7) is 9.83. The Morgan fingerprint density at radius 3 is 2.19 bits per heavy atom. The van der Waals surface area contributed by atoms with Crippen LogP contribution in [-0.4, -0.2) is 53.0 Å². The highest BCUT2D eigenvalue weighted by Crippen LogP contribution is 2.26. The fourth-order valence-corrected chi connectivity index (χ4v) is 2.60. The first-order valence-corrected chi connectivity index (χ1v) is 8.29. The standard InChI is InChI=1S/C17H28N2O2/c1-3-4-14-20-16-7-5-6-8-17(16)21-15-13-19-11-9-18(2)10-12-19/h5-8H,3-4,9-15H2,1-2H3/p+2. The maximum Gasteiger partial charge on any atom is 0.161 e. The van der Waals surface area contributed by atoms with Crippen molar-refractivity contribution in [3.05, 3.63) is 24.3 Å². The molecule has 1 aliphatic heterocycles. The van der Waals surface area contributed by atoms with Gasteiger partial charge in [-0.05, 0) is 18.6 Å². The summed E-state index contributed by atoms with van der Waals surface area (Å²) in [5.74, 6) is 1.76. The minimum absolute atomic E-state index is 0.766. The maximum atomic E-state index is 5.94. The molecule has 2 rings (SSSR count). The van der Waals surface area contributed by atoms with Crippen molar-refractivity contribution in [3.8, 4) is 11.5 Å². The highest BCUT2D eigenvalue weighted by Gasteiger charge is 2.19. The molecular formula is C17H30N2O2+2. The van der Waals surface area contributed by atoms with Crippen LogP contribution in [0.15, 0.2) is 24.3 Å². The molecule has 0 saturated carbocycles. The Labute approximate surface area is 128 Å². The van der Waals surface area contributed by atoms with Crippen molar-refractivity contribution < 1.29 is 19.3 Å². The molecule has 2 N–H and O–H groups in total. The quantitative estimate of drug-likeness (QED) is 0.642. The Bertz CT molecular complexity index is 404. The van der Waals surface area contributed by atoms with Gasteiger partial charge in [0.25, 0.3) is 0 Å². The second-order valence-corrected chi connectivity index (χ2v) is 5.95. The topological polar surface area (TPSA) is 27.3 Å². The van der Waals surface area contributed by atoms with E-state index in [1.54, 1.807) is 9.80 Å². The van der Waals surface area contributed by atoms with E-state index >= 15 is 0 Å². The first kappa shape index (κ1) is 16.1. The average Bonchev–Trinajstić information content (AvgIpc) is 2.51. The van der Waals surface area contributed by atoms with Crippen LogP contribution in [0.25, 0.3) is 0 Å². The fourth-order valence-electron chi connectivity index (χ4n) is 2.60. The number of para-hydroxylation sites is 2. The van der Waals surface area contributed by atoms with E-state index in [1.807, 2.05) is 24.3 Å². The fraction of sp³-hybridized carbons (Fsp3) is 0.647. The van der Waals surface area contributed by atoms with Gasteiger partial charge in [0.15, 0.2) is 11.5 Å². The van der Waals surface area contributed by atoms with E-state index in [0.29, 0.717) is 0 Å². The summed E-state index contributed by atoms with van der Waals surface area (Å²) in [6.07, 6.45) is 2.24. The molecular weight excluding hydrogens is 264 g/mol. The third kappa shape index (κ3) is 5.56. The third-order valence-electron chi connectivity index (χ3n) is 4.13. The number of likely N-dealkylation sites (N-methyl/N-ethyl adjacent to an activating group) is 1. The highest BCUT2D eigenvalue weighted by molar-refractivity contribution is 5.39. The van der Waals surface area contributed by atoms with Gasteiger partial charge in [-0.3, -0.25) is 0 Å². The molecule has 0 aromatic heterocycles. The lowest BCUT2D eigenvalue weighted by Gasteiger charge is -2.27. The second kappa shape index (κ2) is 8.90. The highest BCUT2D eigenvalue weighted by atomic mass is 16.5. The molecule has 0 bridgehead atoms. The van der Waals surface area contributed by atoms with Crippen molar-refractivity contribution in [2.24, 2.45) is 0 Å². The Morgan fingerprint density at radius 2 is 1.57 bits per heavy atom. The molecule has 0 atom stereocenters. The van der Waals surface area contributed by atoms with Gasteiger partial charge in [-0.25, -0.2) is 0 Å². The summed E-state index contributed by atoms with van der Waals surface area (Å²) < 4.78 is 11.7. The van der Waals surface area contributed by atoms with E-state index in [2.05, 4.69) is 14.0 Å². The van der Waals surface area contributed by atoms with Crippen molar-refractivity contribution in [3.63, 3.8) is 0 Å². The van der Waals surface area contributed by atoms with Crippen LogP contribution in [0.3, 0.4) is 0 Å². The summed E-state index contributed by atoms with van der Waals surface area (Å²) in [5, 5.41) is 0. The first-order chi connectivity index (χ1) is 10.3. The Morgan fingerprint density at radius 1 is 0.952 bits per heavy atom. The lowest BCUT2D eigenvalue weighted by atomic mass is 10.3. The van der Waals surface area contributed by atoms with Crippen LogP contribution >= 0.6 is 0 Å². The number of rotatable bonds is 8. The Hall–Kier alpha value is -1.26.